The van der Waals surface area contributed by atoms with Crippen molar-refractivity contribution in [2.75, 3.05) is 13.1 Å². The molecule has 3 heteroatoms. The third-order valence-electron chi connectivity index (χ3n) is 0.652. The Morgan fingerprint density at radius 3 is 2.50 bits per heavy atom. The fourth-order valence-corrected chi connectivity index (χ4v) is 0.336. The van der Waals surface area contributed by atoms with E-state index in [1.54, 1.807) is 0 Å². The zero-order valence-corrected chi connectivity index (χ0v) is 4.66. The highest BCUT2D eigenvalue weighted by molar-refractivity contribution is 4.48. The molecular formula is C5H10F2N. The van der Waals surface area contributed by atoms with E-state index in [-0.39, 0.29) is 6.54 Å². The Morgan fingerprint density at radius 2 is 2.12 bits per heavy atom. The van der Waals surface area contributed by atoms with Gasteiger partial charge in [0.15, 0.2) is 0 Å². The van der Waals surface area contributed by atoms with Crippen molar-refractivity contribution >= 4 is 0 Å². The summed E-state index contributed by atoms with van der Waals surface area (Å²) in [5, 5.41) is 2.52. The number of alkyl halides is 2. The Kier molecular flexibility index (Phi) is 4.85. The van der Waals surface area contributed by atoms with E-state index < -0.39 is 6.43 Å². The van der Waals surface area contributed by atoms with Gasteiger partial charge in [-0.05, 0) is 13.0 Å². The van der Waals surface area contributed by atoms with Crippen molar-refractivity contribution in [1.29, 1.82) is 0 Å². The van der Waals surface area contributed by atoms with Gasteiger partial charge in [0, 0.05) is 0 Å². The lowest BCUT2D eigenvalue weighted by Crippen LogP contribution is -2.21. The van der Waals surface area contributed by atoms with Gasteiger partial charge in [0.05, 0.1) is 6.54 Å². The van der Waals surface area contributed by atoms with Crippen LogP contribution < -0.4 is 5.32 Å². The van der Waals surface area contributed by atoms with Crippen LogP contribution in [0, 0.1) is 6.92 Å². The van der Waals surface area contributed by atoms with Crippen LogP contribution in [0.15, 0.2) is 0 Å². The quantitative estimate of drug-likeness (QED) is 0.550. The summed E-state index contributed by atoms with van der Waals surface area (Å²) in [4.78, 5) is 0. The third kappa shape index (κ3) is 5.82. The third-order valence-corrected chi connectivity index (χ3v) is 0.652. The molecule has 0 fully saturated rings. The van der Waals surface area contributed by atoms with Crippen molar-refractivity contribution in [3.8, 4) is 0 Å². The second-order valence-corrected chi connectivity index (χ2v) is 1.45. The first-order chi connectivity index (χ1) is 3.77. The van der Waals surface area contributed by atoms with Crippen LogP contribution in [0.2, 0.25) is 0 Å². The van der Waals surface area contributed by atoms with Crippen LogP contribution in [0.1, 0.15) is 6.42 Å². The lowest BCUT2D eigenvalue weighted by molar-refractivity contribution is 0.146. The van der Waals surface area contributed by atoms with Gasteiger partial charge in [-0.3, -0.25) is 0 Å². The monoisotopic (exact) mass is 122 g/mol. The minimum atomic E-state index is -2.23. The van der Waals surface area contributed by atoms with Crippen molar-refractivity contribution in [1.82, 2.24) is 5.32 Å². The standard InChI is InChI=1S/C5H10F2N/c1-2-3-8-4-5(6)7/h5,8H,1-4H2. The van der Waals surface area contributed by atoms with Crippen LogP contribution in [0.5, 0.6) is 0 Å². The van der Waals surface area contributed by atoms with E-state index >= 15 is 0 Å². The van der Waals surface area contributed by atoms with E-state index in [4.69, 9.17) is 0 Å². The van der Waals surface area contributed by atoms with Gasteiger partial charge in [-0.25, -0.2) is 8.78 Å². The van der Waals surface area contributed by atoms with Gasteiger partial charge in [0.2, 0.25) is 0 Å². The van der Waals surface area contributed by atoms with Crippen molar-refractivity contribution in [2.24, 2.45) is 0 Å². The molecule has 1 N–H and O–H groups in total. The summed E-state index contributed by atoms with van der Waals surface area (Å²) in [5.41, 5.74) is 0. The fraction of sp³-hybridized carbons (Fsp3) is 0.800. The second-order valence-electron chi connectivity index (χ2n) is 1.45. The highest BCUT2D eigenvalue weighted by atomic mass is 19.3. The number of hydrogen-bond acceptors (Lipinski definition) is 1. The molecule has 0 aliphatic carbocycles. The highest BCUT2D eigenvalue weighted by Gasteiger charge is 1.97. The van der Waals surface area contributed by atoms with Gasteiger partial charge in [0.1, 0.15) is 0 Å². The topological polar surface area (TPSA) is 12.0 Å². The van der Waals surface area contributed by atoms with E-state index in [2.05, 4.69) is 12.2 Å². The number of nitrogens with one attached hydrogen (secondary N) is 1. The van der Waals surface area contributed by atoms with E-state index in [1.165, 1.54) is 0 Å². The zero-order valence-electron chi connectivity index (χ0n) is 4.66. The summed E-state index contributed by atoms with van der Waals surface area (Å²) in [6, 6.07) is 0. The molecule has 0 atom stereocenters. The maximum Gasteiger partial charge on any atom is 0.250 e. The predicted octanol–water partition coefficient (Wildman–Crippen LogP) is 1.07. The summed E-state index contributed by atoms with van der Waals surface area (Å²) < 4.78 is 22.6. The summed E-state index contributed by atoms with van der Waals surface area (Å²) in [6.07, 6.45) is -1.58. The van der Waals surface area contributed by atoms with E-state index in [0.29, 0.717) is 13.0 Å². The summed E-state index contributed by atoms with van der Waals surface area (Å²) in [5.74, 6) is 0. The SMILES string of the molecule is [CH2]CCNCC(F)F. The Labute approximate surface area is 48.1 Å². The van der Waals surface area contributed by atoms with Crippen molar-refractivity contribution in [3.63, 3.8) is 0 Å². The molecule has 0 aromatic carbocycles. The first-order valence-electron chi connectivity index (χ1n) is 2.55. The summed E-state index contributed by atoms with van der Waals surface area (Å²) in [7, 11) is 0. The molecule has 0 aromatic heterocycles. The van der Waals surface area contributed by atoms with Gasteiger partial charge in [-0.1, -0.05) is 6.92 Å². The first-order valence-corrected chi connectivity index (χ1v) is 2.55. The van der Waals surface area contributed by atoms with E-state index in [9.17, 15) is 8.78 Å². The molecule has 0 unspecified atom stereocenters. The number of hydrogen-bond donors (Lipinski definition) is 1. The number of halogens is 2. The van der Waals surface area contributed by atoms with Crippen molar-refractivity contribution in [2.45, 2.75) is 12.8 Å². The number of rotatable bonds is 4. The lowest BCUT2D eigenvalue weighted by Gasteiger charge is -1.98. The maximum atomic E-state index is 11.3. The van der Waals surface area contributed by atoms with Gasteiger partial charge in [-0.15, -0.1) is 0 Å². The molecule has 0 aliphatic rings. The van der Waals surface area contributed by atoms with Crippen LogP contribution in [0.4, 0.5) is 8.78 Å². The molecule has 0 saturated heterocycles. The van der Waals surface area contributed by atoms with E-state index in [1.807, 2.05) is 0 Å². The van der Waals surface area contributed by atoms with Gasteiger partial charge >= 0.3 is 0 Å². The highest BCUT2D eigenvalue weighted by Crippen LogP contribution is 1.86. The minimum absolute atomic E-state index is 0.213. The fourth-order valence-electron chi connectivity index (χ4n) is 0.336. The Bertz CT molecular complexity index is 47.7. The molecule has 0 rings (SSSR count). The summed E-state index contributed by atoms with van der Waals surface area (Å²) >= 11 is 0. The van der Waals surface area contributed by atoms with Gasteiger partial charge < -0.3 is 5.32 Å². The average molecular weight is 122 g/mol. The minimum Gasteiger partial charge on any atom is -0.311 e. The maximum absolute atomic E-state index is 11.3. The average Bonchev–Trinajstić information content (AvgIpc) is 1.66. The van der Waals surface area contributed by atoms with Gasteiger partial charge in [-0.2, -0.15) is 0 Å². The molecule has 0 saturated carbocycles. The molecular weight excluding hydrogens is 112 g/mol. The molecule has 0 amide bonds. The van der Waals surface area contributed by atoms with Gasteiger partial charge in [0.25, 0.3) is 6.43 Å². The van der Waals surface area contributed by atoms with Crippen molar-refractivity contribution in [3.05, 3.63) is 6.92 Å². The normalized spacial score (nSPS) is 10.5. The molecule has 49 valence electrons. The second kappa shape index (κ2) is 4.97. The Balaban J connectivity index is 2.72. The molecule has 1 nitrogen and oxygen atoms in total. The molecule has 0 aliphatic heterocycles. The molecule has 0 heterocycles. The smallest absolute Gasteiger partial charge is 0.250 e. The largest absolute Gasteiger partial charge is 0.311 e. The molecule has 1 radical (unpaired) electrons. The van der Waals surface area contributed by atoms with Crippen LogP contribution in [0.3, 0.4) is 0 Å². The molecule has 0 aromatic rings. The molecule has 0 bridgehead atoms. The zero-order chi connectivity index (χ0) is 6.41. The molecule has 8 heavy (non-hydrogen) atoms. The lowest BCUT2D eigenvalue weighted by atomic mass is 10.5. The molecule has 0 spiro atoms. The van der Waals surface area contributed by atoms with Crippen LogP contribution in [0.25, 0.3) is 0 Å². The predicted molar refractivity (Wildman–Crippen MR) is 28.8 cm³/mol. The Hall–Kier alpha value is -0.180. The van der Waals surface area contributed by atoms with E-state index in [0.717, 1.165) is 0 Å². The van der Waals surface area contributed by atoms with Crippen LogP contribution >= 0.6 is 0 Å². The van der Waals surface area contributed by atoms with Crippen LogP contribution in [-0.2, 0) is 0 Å². The summed E-state index contributed by atoms with van der Waals surface area (Å²) in [6.45, 7) is 3.84. The van der Waals surface area contributed by atoms with Crippen LogP contribution in [-0.4, -0.2) is 19.5 Å². The first kappa shape index (κ1) is 7.82. The Morgan fingerprint density at radius 1 is 1.50 bits per heavy atom. The van der Waals surface area contributed by atoms with Crippen molar-refractivity contribution < 1.29 is 8.78 Å².